The van der Waals surface area contributed by atoms with E-state index in [1.54, 1.807) is 11.4 Å². The minimum atomic E-state index is -0.289. The fraction of sp³-hybridized carbons (Fsp3) is 0.333. The standard InChI is InChI=1S/C15H19FN4OS.2ClH/c1-20(2)13(10-4-3-5-11(16)6-10)8-18-15(21)12-9-22-14(7-17)19-12;;/h3-6,9,13H,7-8,17H2,1-2H3,(H,18,21);2*1H. The molecule has 1 aromatic carbocycles. The van der Waals surface area contributed by atoms with Gasteiger partial charge in [0.25, 0.3) is 5.91 Å². The number of carbonyl (C=O) groups excluding carboxylic acids is 1. The Labute approximate surface area is 157 Å². The molecular formula is C15H21Cl2FN4OS. The molecule has 0 radical (unpaired) electrons. The molecule has 0 aliphatic heterocycles. The van der Waals surface area contributed by atoms with Gasteiger partial charge >= 0.3 is 0 Å². The molecule has 1 atom stereocenters. The third kappa shape index (κ3) is 5.99. The van der Waals surface area contributed by atoms with E-state index in [9.17, 15) is 9.18 Å². The van der Waals surface area contributed by atoms with E-state index in [1.807, 2.05) is 25.1 Å². The van der Waals surface area contributed by atoms with Crippen LogP contribution in [0.1, 0.15) is 27.1 Å². The predicted molar refractivity (Wildman–Crippen MR) is 99.7 cm³/mol. The summed E-state index contributed by atoms with van der Waals surface area (Å²) >= 11 is 1.36. The summed E-state index contributed by atoms with van der Waals surface area (Å²) < 4.78 is 13.4. The summed E-state index contributed by atoms with van der Waals surface area (Å²) in [6.07, 6.45) is 0. The lowest BCUT2D eigenvalue weighted by Gasteiger charge is -2.25. The molecule has 5 nitrogen and oxygen atoms in total. The molecule has 3 N–H and O–H groups in total. The summed E-state index contributed by atoms with van der Waals surface area (Å²) in [5.74, 6) is -0.540. The Hall–Kier alpha value is -1.25. The van der Waals surface area contributed by atoms with Crippen molar-refractivity contribution in [2.45, 2.75) is 12.6 Å². The number of thiazole rings is 1. The number of aromatic nitrogens is 1. The van der Waals surface area contributed by atoms with Crippen molar-refractivity contribution in [1.82, 2.24) is 15.2 Å². The van der Waals surface area contributed by atoms with Crippen molar-refractivity contribution in [2.75, 3.05) is 20.6 Å². The molecule has 1 aromatic heterocycles. The van der Waals surface area contributed by atoms with Gasteiger partial charge < -0.3 is 16.0 Å². The number of amides is 1. The van der Waals surface area contributed by atoms with E-state index in [0.717, 1.165) is 10.6 Å². The molecule has 1 heterocycles. The number of likely N-dealkylation sites (N-methyl/N-ethyl adjacent to an activating group) is 1. The van der Waals surface area contributed by atoms with Gasteiger partial charge in [-0.25, -0.2) is 9.37 Å². The van der Waals surface area contributed by atoms with Crippen LogP contribution < -0.4 is 11.1 Å². The number of carbonyl (C=O) groups is 1. The van der Waals surface area contributed by atoms with Crippen LogP contribution in [0, 0.1) is 5.82 Å². The molecule has 2 rings (SSSR count). The van der Waals surface area contributed by atoms with Gasteiger partial charge in [-0.2, -0.15) is 0 Å². The van der Waals surface area contributed by atoms with Crippen molar-refractivity contribution < 1.29 is 9.18 Å². The first-order valence-corrected chi connectivity index (χ1v) is 7.73. The molecule has 0 spiro atoms. The zero-order valence-electron chi connectivity index (χ0n) is 13.4. The minimum Gasteiger partial charge on any atom is -0.349 e. The Bertz CT molecular complexity index is 654. The topological polar surface area (TPSA) is 71.2 Å². The van der Waals surface area contributed by atoms with Crippen LogP contribution in [0.3, 0.4) is 0 Å². The lowest BCUT2D eigenvalue weighted by molar-refractivity contribution is 0.0937. The minimum absolute atomic E-state index is 0. The second kappa shape index (κ2) is 10.6. The van der Waals surface area contributed by atoms with Gasteiger partial charge in [0.2, 0.25) is 0 Å². The summed E-state index contributed by atoms with van der Waals surface area (Å²) in [6, 6.07) is 6.27. The number of halogens is 3. The average Bonchev–Trinajstić information content (AvgIpc) is 2.96. The summed E-state index contributed by atoms with van der Waals surface area (Å²) in [4.78, 5) is 18.2. The molecule has 0 fully saturated rings. The molecule has 0 aliphatic carbocycles. The highest BCUT2D eigenvalue weighted by atomic mass is 35.5. The second-order valence-electron chi connectivity index (χ2n) is 5.08. The first kappa shape index (κ1) is 22.8. The zero-order valence-corrected chi connectivity index (χ0v) is 15.8. The van der Waals surface area contributed by atoms with Crippen molar-refractivity contribution in [1.29, 1.82) is 0 Å². The molecule has 2 aromatic rings. The van der Waals surface area contributed by atoms with E-state index in [1.165, 1.54) is 23.5 Å². The van der Waals surface area contributed by atoms with Crippen molar-refractivity contribution >= 4 is 42.1 Å². The lowest BCUT2D eigenvalue weighted by atomic mass is 10.1. The highest BCUT2D eigenvalue weighted by Gasteiger charge is 2.17. The highest BCUT2D eigenvalue weighted by molar-refractivity contribution is 7.09. The van der Waals surface area contributed by atoms with Gasteiger partial charge in [-0.3, -0.25) is 4.79 Å². The van der Waals surface area contributed by atoms with Crippen molar-refractivity contribution in [3.63, 3.8) is 0 Å². The van der Waals surface area contributed by atoms with Crippen LogP contribution in [-0.2, 0) is 6.54 Å². The Morgan fingerprint density at radius 3 is 2.67 bits per heavy atom. The van der Waals surface area contributed by atoms with E-state index in [-0.39, 0.29) is 42.6 Å². The second-order valence-corrected chi connectivity index (χ2v) is 6.02. The van der Waals surface area contributed by atoms with Crippen LogP contribution in [0.25, 0.3) is 0 Å². The van der Waals surface area contributed by atoms with Crippen LogP contribution in [0.5, 0.6) is 0 Å². The number of nitrogens with two attached hydrogens (primary N) is 1. The van der Waals surface area contributed by atoms with Crippen LogP contribution in [0.4, 0.5) is 4.39 Å². The van der Waals surface area contributed by atoms with Crippen molar-refractivity contribution in [3.05, 3.63) is 51.7 Å². The Morgan fingerprint density at radius 1 is 1.42 bits per heavy atom. The number of benzene rings is 1. The van der Waals surface area contributed by atoms with Gasteiger partial charge in [-0.1, -0.05) is 12.1 Å². The Morgan fingerprint density at radius 2 is 2.12 bits per heavy atom. The molecule has 0 aliphatic rings. The van der Waals surface area contributed by atoms with E-state index in [4.69, 9.17) is 5.73 Å². The lowest BCUT2D eigenvalue weighted by Crippen LogP contribution is -2.34. The van der Waals surface area contributed by atoms with E-state index < -0.39 is 0 Å². The van der Waals surface area contributed by atoms with Crippen molar-refractivity contribution in [3.8, 4) is 0 Å². The average molecular weight is 395 g/mol. The molecule has 0 bridgehead atoms. The number of hydrogen-bond acceptors (Lipinski definition) is 5. The Kier molecular flexibility index (Phi) is 10.0. The van der Waals surface area contributed by atoms with Gasteiger partial charge in [0.1, 0.15) is 16.5 Å². The SMILES string of the molecule is CN(C)C(CNC(=O)c1csc(CN)n1)c1cccc(F)c1.Cl.Cl. The maximum atomic E-state index is 13.4. The van der Waals surface area contributed by atoms with Crippen LogP contribution in [0.15, 0.2) is 29.6 Å². The van der Waals surface area contributed by atoms with Crippen molar-refractivity contribution in [2.24, 2.45) is 5.73 Å². The third-order valence-electron chi connectivity index (χ3n) is 3.27. The maximum Gasteiger partial charge on any atom is 0.270 e. The van der Waals surface area contributed by atoms with E-state index >= 15 is 0 Å². The molecule has 1 amide bonds. The fourth-order valence-corrected chi connectivity index (χ4v) is 2.76. The molecule has 134 valence electrons. The maximum absolute atomic E-state index is 13.4. The van der Waals surface area contributed by atoms with Gasteiger partial charge in [-0.05, 0) is 31.8 Å². The smallest absolute Gasteiger partial charge is 0.270 e. The highest BCUT2D eigenvalue weighted by Crippen LogP contribution is 2.18. The first-order valence-electron chi connectivity index (χ1n) is 6.86. The summed E-state index contributed by atoms with van der Waals surface area (Å²) in [5.41, 5.74) is 6.66. The third-order valence-corrected chi connectivity index (χ3v) is 4.14. The van der Waals surface area contributed by atoms with E-state index in [0.29, 0.717) is 18.8 Å². The molecule has 9 heteroatoms. The van der Waals surface area contributed by atoms with Crippen LogP contribution in [0.2, 0.25) is 0 Å². The summed E-state index contributed by atoms with van der Waals surface area (Å²) in [5, 5.41) is 5.24. The quantitative estimate of drug-likeness (QED) is 0.789. The summed E-state index contributed by atoms with van der Waals surface area (Å²) in [7, 11) is 3.77. The zero-order chi connectivity index (χ0) is 16.1. The van der Waals surface area contributed by atoms with Gasteiger partial charge in [0, 0.05) is 18.5 Å². The number of nitrogens with zero attached hydrogens (tertiary/aromatic N) is 2. The van der Waals surface area contributed by atoms with E-state index in [2.05, 4.69) is 10.3 Å². The number of rotatable bonds is 6. The number of nitrogens with one attached hydrogen (secondary N) is 1. The normalized spacial score (nSPS) is 11.4. The van der Waals surface area contributed by atoms with Crippen LogP contribution in [-0.4, -0.2) is 36.4 Å². The van der Waals surface area contributed by atoms with Gasteiger partial charge in [-0.15, -0.1) is 36.2 Å². The predicted octanol–water partition coefficient (Wildman–Crippen LogP) is 2.62. The first-order chi connectivity index (χ1) is 10.5. The fourth-order valence-electron chi connectivity index (χ4n) is 2.10. The van der Waals surface area contributed by atoms with Crippen LogP contribution >= 0.6 is 36.2 Å². The molecular weight excluding hydrogens is 374 g/mol. The Balaban J connectivity index is 0.00000264. The largest absolute Gasteiger partial charge is 0.349 e. The molecule has 0 saturated carbocycles. The summed E-state index contributed by atoms with van der Waals surface area (Å²) in [6.45, 7) is 0.687. The molecule has 1 unspecified atom stereocenters. The number of hydrogen-bond donors (Lipinski definition) is 2. The molecule has 0 saturated heterocycles. The molecule has 24 heavy (non-hydrogen) atoms. The van der Waals surface area contributed by atoms with Gasteiger partial charge in [0.05, 0.1) is 6.04 Å². The monoisotopic (exact) mass is 394 g/mol. The van der Waals surface area contributed by atoms with Gasteiger partial charge in [0.15, 0.2) is 0 Å².